The van der Waals surface area contributed by atoms with E-state index in [2.05, 4.69) is 17.9 Å². The average molecular weight is 220 g/mol. The first kappa shape index (κ1) is 13.5. The van der Waals surface area contributed by atoms with Crippen molar-refractivity contribution in [2.24, 2.45) is 5.73 Å². The third-order valence-corrected chi connectivity index (χ3v) is 5.74. The van der Waals surface area contributed by atoms with Crippen molar-refractivity contribution in [2.45, 2.75) is 38.7 Å². The summed E-state index contributed by atoms with van der Waals surface area (Å²) in [6.07, 6.45) is 9.76. The third kappa shape index (κ3) is 8.81. The molecule has 0 aromatic heterocycles. The van der Waals surface area contributed by atoms with Crippen LogP contribution in [0.1, 0.15) is 32.6 Å². The van der Waals surface area contributed by atoms with Crippen molar-refractivity contribution in [1.82, 2.24) is 4.72 Å². The maximum atomic E-state index is 5.74. The van der Waals surface area contributed by atoms with Gasteiger partial charge in [-0.1, -0.05) is 50.6 Å². The van der Waals surface area contributed by atoms with Crippen LogP contribution in [0, 0.1) is 0 Å². The molecular formula is C9H24N2SSi. The Morgan fingerprint density at radius 2 is 2.08 bits per heavy atom. The summed E-state index contributed by atoms with van der Waals surface area (Å²) < 4.78 is 3.34. The van der Waals surface area contributed by atoms with Gasteiger partial charge in [0.1, 0.15) is 0 Å². The van der Waals surface area contributed by atoms with E-state index in [1.54, 1.807) is 11.9 Å². The highest BCUT2D eigenvalue weighted by molar-refractivity contribution is 7.96. The number of rotatable bonds is 9. The molecule has 80 valence electrons. The second-order valence-electron chi connectivity index (χ2n) is 3.50. The van der Waals surface area contributed by atoms with E-state index in [1.807, 2.05) is 0 Å². The SMILES string of the molecule is CCCCCC[SiH](CN)CNSC. The van der Waals surface area contributed by atoms with Crippen LogP contribution in [0.5, 0.6) is 0 Å². The summed E-state index contributed by atoms with van der Waals surface area (Å²) >= 11 is 1.72. The van der Waals surface area contributed by atoms with Crippen LogP contribution in [-0.2, 0) is 0 Å². The molecule has 1 atom stereocenters. The monoisotopic (exact) mass is 220 g/mol. The fourth-order valence-corrected chi connectivity index (χ4v) is 4.45. The van der Waals surface area contributed by atoms with Crippen molar-refractivity contribution >= 4 is 20.7 Å². The second-order valence-corrected chi connectivity index (χ2v) is 7.39. The van der Waals surface area contributed by atoms with Crippen LogP contribution in [0.25, 0.3) is 0 Å². The van der Waals surface area contributed by atoms with Gasteiger partial charge in [-0.2, -0.15) is 0 Å². The molecule has 2 nitrogen and oxygen atoms in total. The molecule has 0 aromatic carbocycles. The molecule has 0 amide bonds. The van der Waals surface area contributed by atoms with Crippen molar-refractivity contribution in [3.05, 3.63) is 0 Å². The standard InChI is InChI=1S/C9H24N2SSi/c1-3-4-5-6-7-13(8-10)9-11-12-2/h11,13H,3-10H2,1-2H3. The molecule has 1 unspecified atom stereocenters. The lowest BCUT2D eigenvalue weighted by molar-refractivity contribution is 0.697. The van der Waals surface area contributed by atoms with E-state index in [1.165, 1.54) is 37.9 Å². The minimum absolute atomic E-state index is 0.627. The molecule has 13 heavy (non-hydrogen) atoms. The van der Waals surface area contributed by atoms with Crippen LogP contribution in [0.2, 0.25) is 6.04 Å². The molecule has 0 fully saturated rings. The Morgan fingerprint density at radius 3 is 2.62 bits per heavy atom. The van der Waals surface area contributed by atoms with Gasteiger partial charge in [-0.15, -0.1) is 0 Å². The van der Waals surface area contributed by atoms with Crippen LogP contribution in [-0.4, -0.2) is 27.4 Å². The summed E-state index contributed by atoms with van der Waals surface area (Å²) in [7, 11) is -0.627. The molecule has 0 aliphatic carbocycles. The van der Waals surface area contributed by atoms with Crippen molar-refractivity contribution in [3.8, 4) is 0 Å². The summed E-state index contributed by atoms with van der Waals surface area (Å²) in [6, 6.07) is 1.42. The van der Waals surface area contributed by atoms with Gasteiger partial charge in [-0.05, 0) is 18.6 Å². The fourth-order valence-electron chi connectivity index (χ4n) is 1.36. The summed E-state index contributed by atoms with van der Waals surface area (Å²) in [5.41, 5.74) is 5.74. The van der Waals surface area contributed by atoms with E-state index in [0.717, 1.165) is 6.17 Å². The van der Waals surface area contributed by atoms with E-state index in [9.17, 15) is 0 Å². The average Bonchev–Trinajstić information content (AvgIpc) is 2.17. The first-order valence-corrected chi connectivity index (χ1v) is 8.98. The molecule has 0 aromatic rings. The smallest absolute Gasteiger partial charge is 0.0689 e. The maximum Gasteiger partial charge on any atom is 0.0689 e. The zero-order valence-corrected chi connectivity index (χ0v) is 11.0. The van der Waals surface area contributed by atoms with Gasteiger partial charge in [0.15, 0.2) is 0 Å². The zero-order chi connectivity index (χ0) is 9.94. The fraction of sp³-hybridized carbons (Fsp3) is 1.00. The predicted molar refractivity (Wildman–Crippen MR) is 66.7 cm³/mol. The van der Waals surface area contributed by atoms with Crippen LogP contribution >= 0.6 is 11.9 Å². The first-order chi connectivity index (χ1) is 6.35. The van der Waals surface area contributed by atoms with Crippen molar-refractivity contribution in [2.75, 3.05) is 18.6 Å². The Hall–Kier alpha value is 0.487. The van der Waals surface area contributed by atoms with Gasteiger partial charge in [0.05, 0.1) is 8.80 Å². The molecule has 0 radical (unpaired) electrons. The van der Waals surface area contributed by atoms with E-state index in [-0.39, 0.29) is 0 Å². The topological polar surface area (TPSA) is 38.0 Å². The second kappa shape index (κ2) is 10.6. The van der Waals surface area contributed by atoms with E-state index in [4.69, 9.17) is 5.73 Å². The van der Waals surface area contributed by atoms with Gasteiger partial charge in [0, 0.05) is 0 Å². The first-order valence-electron chi connectivity index (χ1n) is 5.31. The molecule has 3 N–H and O–H groups in total. The maximum absolute atomic E-state index is 5.74. The minimum Gasteiger partial charge on any atom is -0.333 e. The van der Waals surface area contributed by atoms with Crippen molar-refractivity contribution in [1.29, 1.82) is 0 Å². The number of unbranched alkanes of at least 4 members (excludes halogenated alkanes) is 3. The highest BCUT2D eigenvalue weighted by Gasteiger charge is 2.06. The Morgan fingerprint density at radius 1 is 1.31 bits per heavy atom. The normalized spacial score (nSPS) is 13.2. The third-order valence-electron chi connectivity index (χ3n) is 2.32. The highest BCUT2D eigenvalue weighted by atomic mass is 32.2. The summed E-state index contributed by atoms with van der Waals surface area (Å²) in [5.74, 6) is 0. The number of nitrogens with two attached hydrogens (primary N) is 1. The van der Waals surface area contributed by atoms with Crippen LogP contribution < -0.4 is 10.5 Å². The Bertz CT molecular complexity index is 104. The van der Waals surface area contributed by atoms with E-state index in [0.29, 0.717) is 0 Å². The molecule has 0 bridgehead atoms. The lowest BCUT2D eigenvalue weighted by Gasteiger charge is -2.12. The minimum atomic E-state index is -0.627. The number of nitrogens with one attached hydrogen (secondary N) is 1. The summed E-state index contributed by atoms with van der Waals surface area (Å²) in [4.78, 5) is 0. The largest absolute Gasteiger partial charge is 0.333 e. The van der Waals surface area contributed by atoms with Crippen molar-refractivity contribution in [3.63, 3.8) is 0 Å². The van der Waals surface area contributed by atoms with Crippen LogP contribution in [0.4, 0.5) is 0 Å². The molecule has 0 rings (SSSR count). The Balaban J connectivity index is 3.25. The molecule has 0 aliphatic heterocycles. The van der Waals surface area contributed by atoms with Gasteiger partial charge in [-0.25, -0.2) is 0 Å². The molecule has 0 saturated heterocycles. The van der Waals surface area contributed by atoms with Gasteiger partial charge >= 0.3 is 0 Å². The molecule has 4 heteroatoms. The molecular weight excluding hydrogens is 196 g/mol. The molecule has 0 heterocycles. The predicted octanol–water partition coefficient (Wildman–Crippen LogP) is 1.70. The summed E-state index contributed by atoms with van der Waals surface area (Å²) in [5, 5.41) is 0. The van der Waals surface area contributed by atoms with Gasteiger partial charge in [0.2, 0.25) is 0 Å². The highest BCUT2D eigenvalue weighted by Crippen LogP contribution is 2.05. The summed E-state index contributed by atoms with van der Waals surface area (Å²) in [6.45, 7) is 2.26. The quantitative estimate of drug-likeness (QED) is 0.353. The lowest BCUT2D eigenvalue weighted by Crippen LogP contribution is -2.34. The zero-order valence-electron chi connectivity index (χ0n) is 9.01. The molecule has 0 spiro atoms. The number of hydrogen-bond donors (Lipinski definition) is 2. The van der Waals surface area contributed by atoms with Crippen LogP contribution in [0.3, 0.4) is 0 Å². The lowest BCUT2D eigenvalue weighted by atomic mass is 10.2. The van der Waals surface area contributed by atoms with E-state index >= 15 is 0 Å². The number of hydrogen-bond acceptors (Lipinski definition) is 3. The molecule has 0 saturated carbocycles. The molecule has 0 aliphatic rings. The van der Waals surface area contributed by atoms with E-state index < -0.39 is 8.80 Å². The Kier molecular flexibility index (Phi) is 11.0. The van der Waals surface area contributed by atoms with Crippen LogP contribution in [0.15, 0.2) is 0 Å². The van der Waals surface area contributed by atoms with Gasteiger partial charge in [0.25, 0.3) is 0 Å². The van der Waals surface area contributed by atoms with Crippen molar-refractivity contribution < 1.29 is 0 Å². The van der Waals surface area contributed by atoms with Gasteiger partial charge < -0.3 is 5.73 Å². The van der Waals surface area contributed by atoms with Gasteiger partial charge in [-0.3, -0.25) is 4.72 Å². The Labute approximate surface area is 88.8 Å².